The lowest BCUT2D eigenvalue weighted by Crippen LogP contribution is -2.33. The monoisotopic (exact) mass is 536 g/mol. The Morgan fingerprint density at radius 1 is 0.974 bits per heavy atom. The van der Waals surface area contributed by atoms with Gasteiger partial charge < -0.3 is 23.9 Å². The van der Waals surface area contributed by atoms with Crippen molar-refractivity contribution >= 4 is 26.9 Å². The Bertz CT molecular complexity index is 1700. The van der Waals surface area contributed by atoms with E-state index in [2.05, 4.69) is 4.98 Å². The van der Waals surface area contributed by atoms with E-state index in [9.17, 15) is 18.0 Å². The van der Waals surface area contributed by atoms with E-state index in [4.69, 9.17) is 18.9 Å². The van der Waals surface area contributed by atoms with E-state index in [1.165, 1.54) is 32.4 Å². The Labute approximate surface area is 218 Å². The average Bonchev–Trinajstić information content (AvgIpc) is 3.40. The molecule has 4 aromatic rings. The van der Waals surface area contributed by atoms with Crippen LogP contribution in [0.2, 0.25) is 0 Å². The van der Waals surface area contributed by atoms with Crippen LogP contribution in [0.15, 0.2) is 76.4 Å². The second kappa shape index (κ2) is 10.2. The number of ether oxygens (including phenoxy) is 4. The predicted octanol–water partition coefficient (Wildman–Crippen LogP) is 3.44. The number of carbonyl (C=O) groups is 1. The predicted molar refractivity (Wildman–Crippen MR) is 138 cm³/mol. The number of hydrogen-bond acceptors (Lipinski definition) is 8. The van der Waals surface area contributed by atoms with Crippen molar-refractivity contribution < 1.29 is 32.2 Å². The van der Waals surface area contributed by atoms with Crippen molar-refractivity contribution in [3.63, 3.8) is 0 Å². The zero-order valence-electron chi connectivity index (χ0n) is 20.6. The number of nitrogens with zero attached hydrogens (tertiary/aromatic N) is 1. The Balaban J connectivity index is 1.59. The molecule has 0 bridgehead atoms. The summed E-state index contributed by atoms with van der Waals surface area (Å²) in [7, 11) is -1.58. The van der Waals surface area contributed by atoms with E-state index in [0.717, 1.165) is 4.31 Å². The number of rotatable bonds is 8. The molecule has 0 saturated carbocycles. The second-order valence-corrected chi connectivity index (χ2v) is 10.4. The van der Waals surface area contributed by atoms with Gasteiger partial charge in [-0.15, -0.1) is 0 Å². The fourth-order valence-corrected chi connectivity index (χ4v) is 5.82. The van der Waals surface area contributed by atoms with Crippen molar-refractivity contribution in [1.82, 2.24) is 9.29 Å². The van der Waals surface area contributed by atoms with Crippen LogP contribution < -0.4 is 19.8 Å². The Morgan fingerprint density at radius 2 is 1.76 bits per heavy atom. The maximum Gasteiger partial charge on any atom is 0.339 e. The number of pyridine rings is 1. The van der Waals surface area contributed by atoms with Gasteiger partial charge in [-0.3, -0.25) is 4.79 Å². The molecule has 5 rings (SSSR count). The third kappa shape index (κ3) is 4.81. The Kier molecular flexibility index (Phi) is 6.79. The van der Waals surface area contributed by atoms with Crippen molar-refractivity contribution in [3.05, 3.63) is 93.8 Å². The third-order valence-electron chi connectivity index (χ3n) is 6.18. The van der Waals surface area contributed by atoms with Gasteiger partial charge in [-0.25, -0.2) is 13.2 Å². The van der Waals surface area contributed by atoms with Crippen LogP contribution in [0.4, 0.5) is 0 Å². The van der Waals surface area contributed by atoms with Gasteiger partial charge in [-0.1, -0.05) is 18.2 Å². The molecule has 1 aliphatic rings. The highest BCUT2D eigenvalue weighted by molar-refractivity contribution is 7.89. The normalized spacial score (nSPS) is 12.6. The standard InChI is InChI=1S/C27H24N2O8S/c1-34-20-9-8-18-12-19(26(30)28-22(18)13-20)15-29(14-17-7-10-23-24(11-17)37-16-36-23)38(32,33)25-6-4-3-5-21(25)27(31)35-2/h3-13H,14-16H2,1-2H3,(H,28,30). The summed E-state index contributed by atoms with van der Waals surface area (Å²) < 4.78 is 50.0. The largest absolute Gasteiger partial charge is 0.497 e. The molecule has 0 saturated heterocycles. The molecule has 0 aliphatic carbocycles. The van der Waals surface area contributed by atoms with Crippen molar-refractivity contribution in [2.75, 3.05) is 21.0 Å². The van der Waals surface area contributed by atoms with E-state index in [0.29, 0.717) is 33.7 Å². The highest BCUT2D eigenvalue weighted by Crippen LogP contribution is 2.34. The van der Waals surface area contributed by atoms with Crippen molar-refractivity contribution in [3.8, 4) is 17.2 Å². The first-order chi connectivity index (χ1) is 18.3. The molecular formula is C27H24N2O8S. The molecule has 3 aromatic carbocycles. The fourth-order valence-electron chi connectivity index (χ4n) is 4.24. The van der Waals surface area contributed by atoms with E-state index in [1.807, 2.05) is 0 Å². The summed E-state index contributed by atoms with van der Waals surface area (Å²) in [5, 5.41) is 0.704. The summed E-state index contributed by atoms with van der Waals surface area (Å²) in [5.41, 5.74) is 0.834. The van der Waals surface area contributed by atoms with E-state index >= 15 is 0 Å². The third-order valence-corrected chi connectivity index (χ3v) is 8.03. The molecule has 196 valence electrons. The average molecular weight is 537 g/mol. The number of benzene rings is 3. The summed E-state index contributed by atoms with van der Waals surface area (Å²) in [6.45, 7) is -0.289. The topological polar surface area (TPSA) is 124 Å². The molecule has 10 nitrogen and oxygen atoms in total. The first-order valence-electron chi connectivity index (χ1n) is 11.6. The van der Waals surface area contributed by atoms with Gasteiger partial charge in [-0.05, 0) is 53.4 Å². The van der Waals surface area contributed by atoms with Crippen LogP contribution in [-0.2, 0) is 27.8 Å². The van der Waals surface area contributed by atoms with Crippen LogP contribution in [0.25, 0.3) is 10.9 Å². The van der Waals surface area contributed by atoms with Gasteiger partial charge in [0.2, 0.25) is 16.8 Å². The van der Waals surface area contributed by atoms with Crippen LogP contribution in [-0.4, -0.2) is 44.7 Å². The molecular weight excluding hydrogens is 512 g/mol. The maximum atomic E-state index is 14.0. The molecule has 2 heterocycles. The van der Waals surface area contributed by atoms with Crippen LogP contribution >= 0.6 is 0 Å². The van der Waals surface area contributed by atoms with E-state index in [-0.39, 0.29) is 35.9 Å². The molecule has 1 aromatic heterocycles. The lowest BCUT2D eigenvalue weighted by molar-refractivity contribution is 0.0596. The molecule has 0 fully saturated rings. The Hall–Kier alpha value is -4.35. The number of sulfonamides is 1. The lowest BCUT2D eigenvalue weighted by Gasteiger charge is -2.23. The maximum absolute atomic E-state index is 14.0. The number of esters is 1. The van der Waals surface area contributed by atoms with Crippen LogP contribution in [0.5, 0.6) is 17.2 Å². The van der Waals surface area contributed by atoms with Crippen molar-refractivity contribution in [1.29, 1.82) is 0 Å². The number of H-pyrrole nitrogens is 1. The minimum atomic E-state index is -4.29. The molecule has 0 spiro atoms. The number of fused-ring (bicyclic) bond motifs is 2. The van der Waals surface area contributed by atoms with Crippen LogP contribution in [0.3, 0.4) is 0 Å². The highest BCUT2D eigenvalue weighted by Gasteiger charge is 2.31. The molecule has 1 N–H and O–H groups in total. The molecule has 0 unspecified atom stereocenters. The Morgan fingerprint density at radius 3 is 2.55 bits per heavy atom. The lowest BCUT2D eigenvalue weighted by atomic mass is 10.1. The van der Waals surface area contributed by atoms with Gasteiger partial charge in [0.15, 0.2) is 11.5 Å². The minimum absolute atomic E-state index is 0.0740. The van der Waals surface area contributed by atoms with E-state index < -0.39 is 21.6 Å². The molecule has 0 atom stereocenters. The van der Waals surface area contributed by atoms with Gasteiger partial charge in [0, 0.05) is 24.7 Å². The quantitative estimate of drug-likeness (QED) is 0.340. The SMILES string of the molecule is COC(=O)c1ccccc1S(=O)(=O)N(Cc1ccc2c(c1)OCO2)Cc1cc2ccc(OC)cc2[nH]c1=O. The van der Waals surface area contributed by atoms with Crippen LogP contribution in [0.1, 0.15) is 21.5 Å². The van der Waals surface area contributed by atoms with Crippen molar-refractivity contribution in [2.24, 2.45) is 0 Å². The van der Waals surface area contributed by atoms with E-state index in [1.54, 1.807) is 48.5 Å². The van der Waals surface area contributed by atoms with Gasteiger partial charge in [0.25, 0.3) is 5.56 Å². The number of carbonyl (C=O) groups excluding carboxylic acids is 1. The molecule has 11 heteroatoms. The second-order valence-electron chi connectivity index (χ2n) is 8.53. The van der Waals surface area contributed by atoms with Crippen LogP contribution in [0, 0.1) is 0 Å². The summed E-state index contributed by atoms with van der Waals surface area (Å²) in [5.74, 6) is 0.838. The number of aromatic nitrogens is 1. The van der Waals surface area contributed by atoms with Gasteiger partial charge in [0.05, 0.1) is 30.2 Å². The molecule has 38 heavy (non-hydrogen) atoms. The first kappa shape index (κ1) is 25.3. The van der Waals surface area contributed by atoms with Gasteiger partial charge in [-0.2, -0.15) is 4.31 Å². The smallest absolute Gasteiger partial charge is 0.339 e. The summed E-state index contributed by atoms with van der Waals surface area (Å²) >= 11 is 0. The summed E-state index contributed by atoms with van der Waals surface area (Å²) in [4.78, 5) is 28.0. The number of hydrogen-bond donors (Lipinski definition) is 1. The fraction of sp³-hybridized carbons (Fsp3) is 0.185. The summed E-state index contributed by atoms with van der Waals surface area (Å²) in [6, 6.07) is 17.8. The number of nitrogens with one attached hydrogen (secondary N) is 1. The van der Waals surface area contributed by atoms with Gasteiger partial charge in [0.1, 0.15) is 5.75 Å². The molecule has 0 amide bonds. The summed E-state index contributed by atoms with van der Waals surface area (Å²) in [6.07, 6.45) is 0. The highest BCUT2D eigenvalue weighted by atomic mass is 32.2. The minimum Gasteiger partial charge on any atom is -0.497 e. The molecule has 1 aliphatic heterocycles. The van der Waals surface area contributed by atoms with Gasteiger partial charge >= 0.3 is 5.97 Å². The zero-order valence-corrected chi connectivity index (χ0v) is 21.4. The first-order valence-corrected chi connectivity index (χ1v) is 13.0. The number of methoxy groups -OCH3 is 2. The number of aromatic amines is 1. The zero-order chi connectivity index (χ0) is 26.9. The van der Waals surface area contributed by atoms with Crippen molar-refractivity contribution in [2.45, 2.75) is 18.0 Å². The molecule has 0 radical (unpaired) electrons.